The molecule has 0 radical (unpaired) electrons. The van der Waals surface area contributed by atoms with Gasteiger partial charge < -0.3 is 5.11 Å². The summed E-state index contributed by atoms with van der Waals surface area (Å²) in [6.45, 7) is 0. The number of aromatic hydroxyl groups is 1. The summed E-state index contributed by atoms with van der Waals surface area (Å²) in [5.41, 5.74) is 0.765. The highest BCUT2D eigenvalue weighted by atomic mass is 32.1. The lowest BCUT2D eigenvalue weighted by Crippen LogP contribution is -1.87. The zero-order valence-electron chi connectivity index (χ0n) is 6.82. The number of carbonyl (C=O) groups is 1. The van der Waals surface area contributed by atoms with Gasteiger partial charge in [0, 0.05) is 5.56 Å². The summed E-state index contributed by atoms with van der Waals surface area (Å²) in [5, 5.41) is 9.36. The third-order valence-electron chi connectivity index (χ3n) is 1.49. The van der Waals surface area contributed by atoms with E-state index in [1.54, 1.807) is 12.1 Å². The van der Waals surface area contributed by atoms with Crippen LogP contribution in [0.15, 0.2) is 18.2 Å². The van der Waals surface area contributed by atoms with Gasteiger partial charge in [0.1, 0.15) is 5.75 Å². The number of aldehydes is 1. The molecule has 0 aliphatic carbocycles. The molecule has 0 aliphatic rings. The van der Waals surface area contributed by atoms with Crippen LogP contribution in [0, 0.1) is 11.8 Å². The van der Waals surface area contributed by atoms with Gasteiger partial charge >= 0.3 is 0 Å². The number of rotatable bonds is 1. The van der Waals surface area contributed by atoms with E-state index >= 15 is 0 Å². The largest absolute Gasteiger partial charge is 0.507 e. The van der Waals surface area contributed by atoms with E-state index < -0.39 is 0 Å². The molecule has 13 heavy (non-hydrogen) atoms. The maximum Gasteiger partial charge on any atom is 0.151 e. The summed E-state index contributed by atoms with van der Waals surface area (Å²) in [6, 6.07) is 4.70. The summed E-state index contributed by atoms with van der Waals surface area (Å²) < 4.78 is 0. The standard InChI is InChI=1S/C10H8O2S/c11-7-8-3-1-5-10(12)9(8)4-2-6-13/h1,3,5,7,12-13H,6H2. The minimum Gasteiger partial charge on any atom is -0.507 e. The maximum absolute atomic E-state index is 10.5. The van der Waals surface area contributed by atoms with Crippen LogP contribution in [0.2, 0.25) is 0 Å². The van der Waals surface area contributed by atoms with Crippen LogP contribution in [0.25, 0.3) is 0 Å². The van der Waals surface area contributed by atoms with Crippen LogP contribution in [0.1, 0.15) is 15.9 Å². The van der Waals surface area contributed by atoms with Crippen LogP contribution in [0.4, 0.5) is 0 Å². The van der Waals surface area contributed by atoms with Crippen LogP contribution in [-0.2, 0) is 0 Å². The Labute approximate surface area is 82.0 Å². The molecule has 1 aromatic rings. The second kappa shape index (κ2) is 4.58. The Morgan fingerprint density at radius 2 is 2.31 bits per heavy atom. The van der Waals surface area contributed by atoms with Gasteiger partial charge in [-0.05, 0) is 6.07 Å². The van der Waals surface area contributed by atoms with Crippen LogP contribution < -0.4 is 0 Å². The Hall–Kier alpha value is -1.40. The van der Waals surface area contributed by atoms with Crippen LogP contribution >= 0.6 is 12.6 Å². The lowest BCUT2D eigenvalue weighted by atomic mass is 10.1. The fraction of sp³-hybridized carbons (Fsp3) is 0.100. The predicted octanol–water partition coefficient (Wildman–Crippen LogP) is 1.49. The van der Waals surface area contributed by atoms with E-state index in [0.717, 1.165) is 0 Å². The second-order valence-electron chi connectivity index (χ2n) is 2.32. The van der Waals surface area contributed by atoms with Crippen molar-refractivity contribution in [2.75, 3.05) is 5.75 Å². The normalized spacial score (nSPS) is 8.69. The minimum absolute atomic E-state index is 0.0267. The molecule has 0 aromatic heterocycles. The molecule has 0 heterocycles. The minimum atomic E-state index is 0.0267. The molecule has 3 heteroatoms. The summed E-state index contributed by atoms with van der Waals surface area (Å²) in [7, 11) is 0. The lowest BCUT2D eigenvalue weighted by molar-refractivity contribution is 0.112. The van der Waals surface area contributed by atoms with E-state index in [-0.39, 0.29) is 5.75 Å². The molecule has 0 saturated heterocycles. The van der Waals surface area contributed by atoms with Gasteiger partial charge in [-0.25, -0.2) is 0 Å². The molecule has 0 aliphatic heterocycles. The quantitative estimate of drug-likeness (QED) is 0.402. The highest BCUT2D eigenvalue weighted by Crippen LogP contribution is 2.18. The molecule has 0 unspecified atom stereocenters. The second-order valence-corrected chi connectivity index (χ2v) is 2.64. The van der Waals surface area contributed by atoms with E-state index in [0.29, 0.717) is 23.2 Å². The van der Waals surface area contributed by atoms with Crippen molar-refractivity contribution in [3.8, 4) is 17.6 Å². The Bertz CT molecular complexity index is 374. The molecule has 0 saturated carbocycles. The van der Waals surface area contributed by atoms with E-state index in [2.05, 4.69) is 24.5 Å². The Morgan fingerprint density at radius 1 is 1.54 bits per heavy atom. The molecular formula is C10H8O2S. The van der Waals surface area contributed by atoms with Crippen molar-refractivity contribution in [3.05, 3.63) is 29.3 Å². The van der Waals surface area contributed by atoms with Gasteiger partial charge in [0.25, 0.3) is 0 Å². The van der Waals surface area contributed by atoms with E-state index in [1.807, 2.05) is 0 Å². The van der Waals surface area contributed by atoms with Gasteiger partial charge in [-0.3, -0.25) is 4.79 Å². The van der Waals surface area contributed by atoms with Gasteiger partial charge in [0.15, 0.2) is 6.29 Å². The average molecular weight is 192 g/mol. The van der Waals surface area contributed by atoms with Crippen LogP contribution in [0.5, 0.6) is 5.75 Å². The molecule has 66 valence electrons. The van der Waals surface area contributed by atoms with E-state index in [9.17, 15) is 9.90 Å². The summed E-state index contributed by atoms with van der Waals surface area (Å²) in [4.78, 5) is 10.5. The monoisotopic (exact) mass is 192 g/mol. The average Bonchev–Trinajstić information content (AvgIpc) is 2.15. The topological polar surface area (TPSA) is 37.3 Å². The maximum atomic E-state index is 10.5. The zero-order chi connectivity index (χ0) is 9.68. The predicted molar refractivity (Wildman–Crippen MR) is 54.2 cm³/mol. The number of hydrogen-bond acceptors (Lipinski definition) is 3. The van der Waals surface area contributed by atoms with Crippen LogP contribution in [-0.4, -0.2) is 17.1 Å². The van der Waals surface area contributed by atoms with Crippen molar-refractivity contribution >= 4 is 18.9 Å². The van der Waals surface area contributed by atoms with Gasteiger partial charge in [0.2, 0.25) is 0 Å². The first-order chi connectivity index (χ1) is 6.29. The number of phenols is 1. The van der Waals surface area contributed by atoms with Crippen molar-refractivity contribution < 1.29 is 9.90 Å². The number of phenolic OH excluding ortho intramolecular Hbond substituents is 1. The summed E-state index contributed by atoms with van der Waals surface area (Å²) >= 11 is 3.91. The lowest BCUT2D eigenvalue weighted by Gasteiger charge is -1.98. The van der Waals surface area contributed by atoms with Gasteiger partial charge in [-0.1, -0.05) is 24.0 Å². The number of hydrogen-bond donors (Lipinski definition) is 2. The van der Waals surface area contributed by atoms with E-state index in [1.165, 1.54) is 6.07 Å². The molecule has 0 amide bonds. The molecule has 0 fully saturated rings. The zero-order valence-corrected chi connectivity index (χ0v) is 7.71. The molecule has 0 spiro atoms. The van der Waals surface area contributed by atoms with Crippen molar-refractivity contribution in [2.24, 2.45) is 0 Å². The highest BCUT2D eigenvalue weighted by Gasteiger charge is 2.02. The van der Waals surface area contributed by atoms with Crippen LogP contribution in [0.3, 0.4) is 0 Å². The SMILES string of the molecule is O=Cc1cccc(O)c1C#CCS. The molecule has 0 bridgehead atoms. The Balaban J connectivity index is 3.22. The molecule has 0 atom stereocenters. The molecular weight excluding hydrogens is 184 g/mol. The van der Waals surface area contributed by atoms with Crippen molar-refractivity contribution in [1.29, 1.82) is 0 Å². The molecule has 1 N–H and O–H groups in total. The molecule has 1 aromatic carbocycles. The van der Waals surface area contributed by atoms with Gasteiger partial charge in [-0.15, -0.1) is 0 Å². The number of benzene rings is 1. The third kappa shape index (κ3) is 2.27. The van der Waals surface area contributed by atoms with Crippen molar-refractivity contribution in [3.63, 3.8) is 0 Å². The smallest absolute Gasteiger partial charge is 0.151 e. The first-order valence-corrected chi connectivity index (χ1v) is 4.29. The Kier molecular flexibility index (Phi) is 3.41. The highest BCUT2D eigenvalue weighted by molar-refractivity contribution is 7.80. The van der Waals surface area contributed by atoms with Gasteiger partial charge in [-0.2, -0.15) is 12.6 Å². The number of carbonyl (C=O) groups excluding carboxylic acids is 1. The first kappa shape index (κ1) is 9.69. The fourth-order valence-corrected chi connectivity index (χ4v) is 0.999. The molecule has 2 nitrogen and oxygen atoms in total. The molecule has 1 rings (SSSR count). The van der Waals surface area contributed by atoms with Crippen molar-refractivity contribution in [1.82, 2.24) is 0 Å². The Morgan fingerprint density at radius 3 is 2.92 bits per heavy atom. The van der Waals surface area contributed by atoms with Gasteiger partial charge in [0.05, 0.1) is 11.3 Å². The number of thiol groups is 1. The summed E-state index contributed by atoms with van der Waals surface area (Å²) in [6.07, 6.45) is 0.669. The van der Waals surface area contributed by atoms with E-state index in [4.69, 9.17) is 0 Å². The first-order valence-electron chi connectivity index (χ1n) is 3.66. The fourth-order valence-electron chi connectivity index (χ4n) is 0.920. The summed E-state index contributed by atoms with van der Waals surface area (Å²) in [5.74, 6) is 5.77. The third-order valence-corrected chi connectivity index (χ3v) is 1.65. The van der Waals surface area contributed by atoms with Crippen molar-refractivity contribution in [2.45, 2.75) is 0 Å².